The van der Waals surface area contributed by atoms with E-state index < -0.39 is 9.84 Å². The third-order valence-electron chi connectivity index (χ3n) is 3.67. The molecule has 2 rings (SSSR count). The van der Waals surface area contributed by atoms with Crippen molar-refractivity contribution in [3.63, 3.8) is 0 Å². The molecule has 0 saturated carbocycles. The van der Waals surface area contributed by atoms with Gasteiger partial charge >= 0.3 is 0 Å². The Morgan fingerprint density at radius 1 is 1.30 bits per heavy atom. The third kappa shape index (κ3) is 4.21. The lowest BCUT2D eigenvalue weighted by Gasteiger charge is -2.12. The van der Waals surface area contributed by atoms with E-state index in [0.29, 0.717) is 17.4 Å². The summed E-state index contributed by atoms with van der Waals surface area (Å²) in [5.74, 6) is 0.215. The minimum atomic E-state index is -3.10. The van der Waals surface area contributed by atoms with E-state index in [4.69, 9.17) is 0 Å². The standard InChI is InChI=1S/C15H24N2O2S/c1-2-12-20(18,19)15-7-5-14(6-8-15)17-11-9-13-4-3-10-16-13/h5-8,13,16-17H,2-4,9-12H2,1H3/t13-/m1/s1. The molecular weight excluding hydrogens is 272 g/mol. The molecule has 2 N–H and O–H groups in total. The molecule has 0 radical (unpaired) electrons. The van der Waals surface area contributed by atoms with Crippen LogP contribution in [0, 0.1) is 0 Å². The Labute approximate surface area is 121 Å². The molecular formula is C15H24N2O2S. The highest BCUT2D eigenvalue weighted by Gasteiger charge is 2.14. The zero-order chi connectivity index (χ0) is 14.4. The normalized spacial score (nSPS) is 19.1. The summed E-state index contributed by atoms with van der Waals surface area (Å²) in [7, 11) is -3.10. The predicted octanol–water partition coefficient (Wildman–Crippen LogP) is 2.42. The van der Waals surface area contributed by atoms with Gasteiger partial charge in [0.05, 0.1) is 10.6 Å². The first kappa shape index (κ1) is 15.3. The second-order valence-electron chi connectivity index (χ2n) is 5.35. The fourth-order valence-corrected chi connectivity index (χ4v) is 3.88. The first-order chi connectivity index (χ1) is 9.62. The number of nitrogens with one attached hydrogen (secondary N) is 2. The Bertz CT molecular complexity index is 505. The van der Waals surface area contributed by atoms with E-state index in [1.807, 2.05) is 19.1 Å². The van der Waals surface area contributed by atoms with E-state index in [1.54, 1.807) is 12.1 Å². The molecule has 1 fully saturated rings. The quantitative estimate of drug-likeness (QED) is 0.811. The molecule has 1 aromatic carbocycles. The fourth-order valence-electron chi connectivity index (χ4n) is 2.56. The van der Waals surface area contributed by atoms with E-state index in [1.165, 1.54) is 12.8 Å². The molecule has 1 aliphatic heterocycles. The number of hydrogen-bond donors (Lipinski definition) is 2. The van der Waals surface area contributed by atoms with Crippen molar-refractivity contribution >= 4 is 15.5 Å². The highest BCUT2D eigenvalue weighted by Crippen LogP contribution is 2.16. The van der Waals surface area contributed by atoms with E-state index in [-0.39, 0.29) is 5.75 Å². The molecule has 1 atom stereocenters. The number of benzene rings is 1. The molecule has 0 amide bonds. The van der Waals surface area contributed by atoms with Crippen molar-refractivity contribution in [2.45, 2.75) is 43.5 Å². The lowest BCUT2D eigenvalue weighted by atomic mass is 10.1. The van der Waals surface area contributed by atoms with Crippen LogP contribution < -0.4 is 10.6 Å². The summed E-state index contributed by atoms with van der Waals surface area (Å²) in [6.07, 6.45) is 4.29. The lowest BCUT2D eigenvalue weighted by molar-refractivity contribution is 0.574. The zero-order valence-corrected chi connectivity index (χ0v) is 12.9. The largest absolute Gasteiger partial charge is 0.385 e. The van der Waals surface area contributed by atoms with Crippen molar-refractivity contribution in [2.24, 2.45) is 0 Å². The molecule has 0 bridgehead atoms. The fraction of sp³-hybridized carbons (Fsp3) is 0.600. The summed E-state index contributed by atoms with van der Waals surface area (Å²) in [6.45, 7) is 3.93. The van der Waals surface area contributed by atoms with Crippen molar-refractivity contribution in [1.82, 2.24) is 5.32 Å². The molecule has 1 aliphatic rings. The van der Waals surface area contributed by atoms with Gasteiger partial charge in [-0.25, -0.2) is 8.42 Å². The molecule has 1 heterocycles. The van der Waals surface area contributed by atoms with Crippen LogP contribution in [0.4, 0.5) is 5.69 Å². The number of sulfone groups is 1. The van der Waals surface area contributed by atoms with Crippen molar-refractivity contribution in [3.05, 3.63) is 24.3 Å². The van der Waals surface area contributed by atoms with Crippen molar-refractivity contribution in [1.29, 1.82) is 0 Å². The Balaban J connectivity index is 1.85. The molecule has 1 saturated heterocycles. The van der Waals surface area contributed by atoms with Gasteiger partial charge in [-0.15, -0.1) is 0 Å². The predicted molar refractivity (Wildman–Crippen MR) is 82.9 cm³/mol. The summed E-state index contributed by atoms with van der Waals surface area (Å²) >= 11 is 0. The summed E-state index contributed by atoms with van der Waals surface area (Å²) in [5.41, 5.74) is 0.985. The van der Waals surface area contributed by atoms with Gasteiger partial charge in [0, 0.05) is 18.3 Å². The first-order valence-corrected chi connectivity index (χ1v) is 9.07. The molecule has 5 heteroatoms. The molecule has 0 aliphatic carbocycles. The van der Waals surface area contributed by atoms with Gasteiger partial charge < -0.3 is 10.6 Å². The maximum atomic E-state index is 11.9. The summed E-state index contributed by atoms with van der Waals surface area (Å²) in [4.78, 5) is 0.419. The lowest BCUT2D eigenvalue weighted by Crippen LogP contribution is -2.24. The van der Waals surface area contributed by atoms with E-state index in [2.05, 4.69) is 10.6 Å². The highest BCUT2D eigenvalue weighted by molar-refractivity contribution is 7.91. The van der Waals surface area contributed by atoms with Gasteiger partial charge in [-0.1, -0.05) is 6.92 Å². The van der Waals surface area contributed by atoms with Crippen LogP contribution in [-0.2, 0) is 9.84 Å². The minimum Gasteiger partial charge on any atom is -0.385 e. The van der Waals surface area contributed by atoms with Crippen LogP contribution >= 0.6 is 0 Å². The average Bonchev–Trinajstić information content (AvgIpc) is 2.92. The summed E-state index contributed by atoms with van der Waals surface area (Å²) in [6, 6.07) is 7.73. The average molecular weight is 296 g/mol. The van der Waals surface area contributed by atoms with Gasteiger partial charge in [-0.05, 0) is 56.5 Å². The maximum absolute atomic E-state index is 11.9. The molecule has 112 valence electrons. The van der Waals surface area contributed by atoms with Crippen LogP contribution in [0.1, 0.15) is 32.6 Å². The monoisotopic (exact) mass is 296 g/mol. The van der Waals surface area contributed by atoms with Gasteiger partial charge in [-0.2, -0.15) is 0 Å². The summed E-state index contributed by atoms with van der Waals surface area (Å²) < 4.78 is 23.8. The van der Waals surface area contributed by atoms with Crippen LogP contribution in [0.25, 0.3) is 0 Å². The molecule has 1 aromatic rings. The molecule has 0 spiro atoms. The van der Waals surface area contributed by atoms with Gasteiger partial charge in [0.1, 0.15) is 0 Å². The minimum absolute atomic E-state index is 0.215. The molecule has 20 heavy (non-hydrogen) atoms. The smallest absolute Gasteiger partial charge is 0.178 e. The van der Waals surface area contributed by atoms with Crippen LogP contribution in [0.3, 0.4) is 0 Å². The Morgan fingerprint density at radius 2 is 2.05 bits per heavy atom. The number of rotatable bonds is 7. The van der Waals surface area contributed by atoms with Crippen molar-refractivity contribution < 1.29 is 8.42 Å². The van der Waals surface area contributed by atoms with Gasteiger partial charge in [-0.3, -0.25) is 0 Å². The second-order valence-corrected chi connectivity index (χ2v) is 7.46. The van der Waals surface area contributed by atoms with Gasteiger partial charge in [0.15, 0.2) is 9.84 Å². The second kappa shape index (κ2) is 7.09. The molecule has 4 nitrogen and oxygen atoms in total. The molecule has 0 unspecified atom stereocenters. The Kier molecular flexibility index (Phi) is 5.43. The van der Waals surface area contributed by atoms with E-state index in [9.17, 15) is 8.42 Å². The first-order valence-electron chi connectivity index (χ1n) is 7.42. The van der Waals surface area contributed by atoms with Crippen molar-refractivity contribution in [2.75, 3.05) is 24.2 Å². The number of hydrogen-bond acceptors (Lipinski definition) is 4. The van der Waals surface area contributed by atoms with Crippen LogP contribution in [-0.4, -0.2) is 33.3 Å². The molecule has 0 aromatic heterocycles. The maximum Gasteiger partial charge on any atom is 0.178 e. The topological polar surface area (TPSA) is 58.2 Å². The third-order valence-corrected chi connectivity index (χ3v) is 5.61. The Hall–Kier alpha value is -1.07. The highest BCUT2D eigenvalue weighted by atomic mass is 32.2. The van der Waals surface area contributed by atoms with E-state index in [0.717, 1.165) is 25.2 Å². The van der Waals surface area contributed by atoms with Crippen molar-refractivity contribution in [3.8, 4) is 0 Å². The van der Waals surface area contributed by atoms with Crippen LogP contribution in [0.15, 0.2) is 29.2 Å². The van der Waals surface area contributed by atoms with Gasteiger partial charge in [0.25, 0.3) is 0 Å². The number of anilines is 1. The van der Waals surface area contributed by atoms with Crippen LogP contribution in [0.5, 0.6) is 0 Å². The van der Waals surface area contributed by atoms with Crippen LogP contribution in [0.2, 0.25) is 0 Å². The van der Waals surface area contributed by atoms with E-state index >= 15 is 0 Å². The summed E-state index contributed by atoms with van der Waals surface area (Å²) in [5, 5.41) is 6.81. The zero-order valence-electron chi connectivity index (χ0n) is 12.1. The Morgan fingerprint density at radius 3 is 2.65 bits per heavy atom. The van der Waals surface area contributed by atoms with Gasteiger partial charge in [0.2, 0.25) is 0 Å². The SMILES string of the molecule is CCCS(=O)(=O)c1ccc(NCC[C@H]2CCCN2)cc1.